The minimum atomic E-state index is -0.944. The fourth-order valence-corrected chi connectivity index (χ4v) is 3.38. The van der Waals surface area contributed by atoms with E-state index in [9.17, 15) is 9.59 Å². The average molecular weight is 388 g/mol. The quantitative estimate of drug-likeness (QED) is 0.845. The molecular formula is C19H18BrNO3. The molecule has 2 aromatic rings. The highest BCUT2D eigenvalue weighted by molar-refractivity contribution is 9.10. The standard InChI is InChI=1S/C19H18BrNO3/c1-21(11-12-5-7-13(8-6-12)19(23)24)18(22)17-10-16(17)14-3-2-4-15(20)9-14/h2-9,16-17H,10-11H2,1H3,(H,23,24). The Bertz CT molecular complexity index is 772. The number of hydrogen-bond acceptors (Lipinski definition) is 2. The van der Waals surface area contributed by atoms with Crippen LogP contribution in [0, 0.1) is 5.92 Å². The van der Waals surface area contributed by atoms with Gasteiger partial charge in [0.05, 0.1) is 5.56 Å². The lowest BCUT2D eigenvalue weighted by molar-refractivity contribution is -0.131. The van der Waals surface area contributed by atoms with Crippen LogP contribution in [0.15, 0.2) is 53.0 Å². The average Bonchev–Trinajstić information content (AvgIpc) is 3.35. The highest BCUT2D eigenvalue weighted by Crippen LogP contribution is 2.48. The molecular weight excluding hydrogens is 370 g/mol. The SMILES string of the molecule is CN(Cc1ccc(C(=O)O)cc1)C(=O)C1CC1c1cccc(Br)c1. The Labute approximate surface area is 149 Å². The van der Waals surface area contributed by atoms with Gasteiger partial charge in [0.15, 0.2) is 0 Å². The molecule has 1 amide bonds. The van der Waals surface area contributed by atoms with Gasteiger partial charge in [-0.1, -0.05) is 40.2 Å². The van der Waals surface area contributed by atoms with Crippen LogP contribution < -0.4 is 0 Å². The molecule has 0 aliphatic heterocycles. The zero-order chi connectivity index (χ0) is 17.3. The molecule has 124 valence electrons. The van der Waals surface area contributed by atoms with Crippen LogP contribution >= 0.6 is 15.9 Å². The first-order chi connectivity index (χ1) is 11.5. The number of carboxylic acid groups (broad SMARTS) is 1. The number of carboxylic acids is 1. The van der Waals surface area contributed by atoms with Crippen LogP contribution in [-0.2, 0) is 11.3 Å². The molecule has 1 fully saturated rings. The van der Waals surface area contributed by atoms with Crippen LogP contribution in [0.4, 0.5) is 0 Å². The molecule has 2 atom stereocenters. The summed E-state index contributed by atoms with van der Waals surface area (Å²) in [5.41, 5.74) is 2.38. The van der Waals surface area contributed by atoms with Gasteiger partial charge in [0.1, 0.15) is 0 Å². The van der Waals surface area contributed by atoms with Crippen molar-refractivity contribution in [1.29, 1.82) is 0 Å². The third-order valence-corrected chi connectivity index (χ3v) is 4.87. The molecule has 3 rings (SSSR count). The monoisotopic (exact) mass is 387 g/mol. The number of carbonyl (C=O) groups is 2. The van der Waals surface area contributed by atoms with E-state index in [1.165, 1.54) is 5.56 Å². The number of rotatable bonds is 5. The lowest BCUT2D eigenvalue weighted by atomic mass is 10.1. The minimum Gasteiger partial charge on any atom is -0.478 e. The van der Waals surface area contributed by atoms with E-state index in [-0.39, 0.29) is 17.4 Å². The maximum atomic E-state index is 12.6. The summed E-state index contributed by atoms with van der Waals surface area (Å²) in [4.78, 5) is 25.2. The van der Waals surface area contributed by atoms with E-state index in [0.29, 0.717) is 12.5 Å². The summed E-state index contributed by atoms with van der Waals surface area (Å²) in [6.07, 6.45) is 0.886. The van der Waals surface area contributed by atoms with Crippen molar-refractivity contribution in [2.24, 2.45) is 5.92 Å². The molecule has 0 heterocycles. The van der Waals surface area contributed by atoms with Gasteiger partial charge in [0.25, 0.3) is 0 Å². The molecule has 0 spiro atoms. The van der Waals surface area contributed by atoms with Gasteiger partial charge in [-0.05, 0) is 47.7 Å². The van der Waals surface area contributed by atoms with Crippen LogP contribution in [0.3, 0.4) is 0 Å². The summed E-state index contributed by atoms with van der Waals surface area (Å²) in [6, 6.07) is 14.8. The molecule has 0 saturated heterocycles. The number of hydrogen-bond donors (Lipinski definition) is 1. The van der Waals surface area contributed by atoms with Crippen LogP contribution in [0.2, 0.25) is 0 Å². The van der Waals surface area contributed by atoms with Gasteiger partial charge in [-0.15, -0.1) is 0 Å². The second-order valence-electron chi connectivity index (χ2n) is 6.20. The van der Waals surface area contributed by atoms with Crippen molar-refractivity contribution in [2.75, 3.05) is 7.05 Å². The van der Waals surface area contributed by atoms with Crippen LogP contribution in [0.1, 0.15) is 33.8 Å². The summed E-state index contributed by atoms with van der Waals surface area (Å²) in [6.45, 7) is 0.487. The summed E-state index contributed by atoms with van der Waals surface area (Å²) in [7, 11) is 1.80. The Kier molecular flexibility index (Phi) is 4.71. The third-order valence-electron chi connectivity index (χ3n) is 4.38. The van der Waals surface area contributed by atoms with E-state index in [1.54, 1.807) is 36.2 Å². The minimum absolute atomic E-state index is 0.0441. The smallest absolute Gasteiger partial charge is 0.335 e. The first-order valence-electron chi connectivity index (χ1n) is 7.78. The summed E-state index contributed by atoms with van der Waals surface area (Å²) in [5.74, 6) is -0.461. The van der Waals surface area contributed by atoms with Gasteiger partial charge in [0.2, 0.25) is 5.91 Å². The Hall–Kier alpha value is -2.14. The van der Waals surface area contributed by atoms with Crippen molar-refractivity contribution in [3.05, 3.63) is 69.7 Å². The number of halogens is 1. The van der Waals surface area contributed by atoms with Crippen molar-refractivity contribution in [2.45, 2.75) is 18.9 Å². The molecule has 1 N–H and O–H groups in total. The lowest BCUT2D eigenvalue weighted by Gasteiger charge is -2.17. The third kappa shape index (κ3) is 3.67. The van der Waals surface area contributed by atoms with Crippen molar-refractivity contribution >= 4 is 27.8 Å². The predicted octanol–water partition coefficient (Wildman–Crippen LogP) is 3.91. The first kappa shape index (κ1) is 16.7. The Morgan fingerprint density at radius 1 is 1.21 bits per heavy atom. The molecule has 2 aromatic carbocycles. The number of amides is 1. The molecule has 24 heavy (non-hydrogen) atoms. The van der Waals surface area contributed by atoms with Gasteiger partial charge in [-0.25, -0.2) is 4.79 Å². The van der Waals surface area contributed by atoms with Crippen molar-refractivity contribution < 1.29 is 14.7 Å². The molecule has 1 saturated carbocycles. The first-order valence-corrected chi connectivity index (χ1v) is 8.57. The topological polar surface area (TPSA) is 57.6 Å². The summed E-state index contributed by atoms with van der Waals surface area (Å²) < 4.78 is 1.03. The van der Waals surface area contributed by atoms with Crippen LogP contribution in [0.25, 0.3) is 0 Å². The molecule has 0 radical (unpaired) electrons. The van der Waals surface area contributed by atoms with Crippen molar-refractivity contribution in [1.82, 2.24) is 4.90 Å². The van der Waals surface area contributed by atoms with Gasteiger partial charge in [0, 0.05) is 24.0 Å². The number of nitrogens with zero attached hydrogens (tertiary/aromatic N) is 1. The van der Waals surface area contributed by atoms with Gasteiger partial charge in [-0.3, -0.25) is 4.79 Å². The maximum Gasteiger partial charge on any atom is 0.335 e. The zero-order valence-electron chi connectivity index (χ0n) is 13.3. The molecule has 4 nitrogen and oxygen atoms in total. The van der Waals surface area contributed by atoms with Crippen molar-refractivity contribution in [3.63, 3.8) is 0 Å². The Balaban J connectivity index is 1.60. The number of benzene rings is 2. The largest absolute Gasteiger partial charge is 0.478 e. The highest BCUT2D eigenvalue weighted by Gasteiger charge is 2.45. The van der Waals surface area contributed by atoms with Crippen molar-refractivity contribution in [3.8, 4) is 0 Å². The highest BCUT2D eigenvalue weighted by atomic mass is 79.9. The lowest BCUT2D eigenvalue weighted by Crippen LogP contribution is -2.28. The molecule has 0 bridgehead atoms. The molecule has 1 aliphatic rings. The molecule has 2 unspecified atom stereocenters. The Morgan fingerprint density at radius 2 is 1.92 bits per heavy atom. The number of aromatic carboxylic acids is 1. The fraction of sp³-hybridized carbons (Fsp3) is 0.263. The van der Waals surface area contributed by atoms with Gasteiger partial charge >= 0.3 is 5.97 Å². The van der Waals surface area contributed by atoms with E-state index in [0.717, 1.165) is 16.5 Å². The zero-order valence-corrected chi connectivity index (χ0v) is 14.9. The van der Waals surface area contributed by atoms with E-state index in [4.69, 9.17) is 5.11 Å². The van der Waals surface area contributed by atoms with Gasteiger partial charge in [-0.2, -0.15) is 0 Å². The predicted molar refractivity (Wildman–Crippen MR) is 94.9 cm³/mol. The van der Waals surface area contributed by atoms with E-state index >= 15 is 0 Å². The van der Waals surface area contributed by atoms with Crippen LogP contribution in [-0.4, -0.2) is 28.9 Å². The normalized spacial score (nSPS) is 18.9. The molecule has 5 heteroatoms. The van der Waals surface area contributed by atoms with E-state index in [1.807, 2.05) is 12.1 Å². The van der Waals surface area contributed by atoms with E-state index in [2.05, 4.69) is 28.1 Å². The maximum absolute atomic E-state index is 12.6. The summed E-state index contributed by atoms with van der Waals surface area (Å²) in [5, 5.41) is 8.92. The molecule has 0 aromatic heterocycles. The van der Waals surface area contributed by atoms with Gasteiger partial charge < -0.3 is 10.0 Å². The summed E-state index contributed by atoms with van der Waals surface area (Å²) >= 11 is 3.47. The second-order valence-corrected chi connectivity index (χ2v) is 7.12. The molecule has 1 aliphatic carbocycles. The van der Waals surface area contributed by atoms with Crippen LogP contribution in [0.5, 0.6) is 0 Å². The van der Waals surface area contributed by atoms with E-state index < -0.39 is 5.97 Å². The number of carbonyl (C=O) groups excluding carboxylic acids is 1. The Morgan fingerprint density at radius 3 is 2.54 bits per heavy atom. The second kappa shape index (κ2) is 6.77. The fourth-order valence-electron chi connectivity index (χ4n) is 2.96.